The van der Waals surface area contributed by atoms with Crippen molar-refractivity contribution in [3.8, 4) is 0 Å². The Bertz CT molecular complexity index is 777. The summed E-state index contributed by atoms with van der Waals surface area (Å²) in [6, 6.07) is 3.03. The lowest BCUT2D eigenvalue weighted by atomic mass is 9.88. The standard InChI is InChI=1S/C40H70O4/c1-3-5-7-9-11-13-15-17-19-21-23-25-27-29-31-35-36(38(40(43)44)34-33-37(35)39(41)42)32-30-28-26-24-22-20-18-16-14-12-10-8-6-4-2/h33-34H,3-32H2,1-2H3,(H,41,42)(H,43,44). The molecule has 0 saturated carbocycles. The number of rotatable bonds is 32. The summed E-state index contributed by atoms with van der Waals surface area (Å²) < 4.78 is 0. The fraction of sp³-hybridized carbons (Fsp3) is 0.800. The lowest BCUT2D eigenvalue weighted by Crippen LogP contribution is -2.12. The molecule has 0 radical (unpaired) electrons. The Kier molecular flexibility index (Phi) is 26.1. The summed E-state index contributed by atoms with van der Waals surface area (Å²) in [4.78, 5) is 24.1. The normalized spacial score (nSPS) is 11.3. The van der Waals surface area contributed by atoms with Crippen molar-refractivity contribution in [2.75, 3.05) is 0 Å². The third-order valence-corrected chi connectivity index (χ3v) is 9.45. The number of benzene rings is 1. The molecule has 1 aromatic rings. The molecule has 0 fully saturated rings. The van der Waals surface area contributed by atoms with Gasteiger partial charge in [0.2, 0.25) is 0 Å². The smallest absolute Gasteiger partial charge is 0.335 e. The zero-order chi connectivity index (χ0) is 32.1. The first kappa shape index (κ1) is 40.2. The molecule has 0 aliphatic heterocycles. The molecule has 44 heavy (non-hydrogen) atoms. The number of carboxylic acid groups (broad SMARTS) is 2. The van der Waals surface area contributed by atoms with Crippen molar-refractivity contribution < 1.29 is 19.8 Å². The van der Waals surface area contributed by atoms with E-state index >= 15 is 0 Å². The van der Waals surface area contributed by atoms with Crippen molar-refractivity contribution in [3.05, 3.63) is 34.4 Å². The van der Waals surface area contributed by atoms with Gasteiger partial charge in [-0.25, -0.2) is 9.59 Å². The first-order chi connectivity index (χ1) is 21.5. The van der Waals surface area contributed by atoms with E-state index < -0.39 is 11.9 Å². The van der Waals surface area contributed by atoms with Gasteiger partial charge in [-0.15, -0.1) is 0 Å². The van der Waals surface area contributed by atoms with Crippen molar-refractivity contribution in [2.24, 2.45) is 0 Å². The van der Waals surface area contributed by atoms with Gasteiger partial charge in [0.1, 0.15) is 0 Å². The van der Waals surface area contributed by atoms with E-state index in [2.05, 4.69) is 13.8 Å². The molecular weight excluding hydrogens is 544 g/mol. The van der Waals surface area contributed by atoms with E-state index in [1.165, 1.54) is 166 Å². The van der Waals surface area contributed by atoms with Crippen LogP contribution in [0.15, 0.2) is 12.1 Å². The molecule has 0 atom stereocenters. The maximum Gasteiger partial charge on any atom is 0.335 e. The number of hydrogen-bond acceptors (Lipinski definition) is 2. The average molecular weight is 615 g/mol. The molecule has 0 heterocycles. The van der Waals surface area contributed by atoms with E-state index in [1.807, 2.05) is 0 Å². The summed E-state index contributed by atoms with van der Waals surface area (Å²) in [5.74, 6) is -1.88. The largest absolute Gasteiger partial charge is 0.478 e. The lowest BCUT2D eigenvalue weighted by Gasteiger charge is -2.16. The quantitative estimate of drug-likeness (QED) is 0.0792. The molecule has 0 saturated heterocycles. The molecule has 0 aliphatic carbocycles. The highest BCUT2D eigenvalue weighted by atomic mass is 16.4. The van der Waals surface area contributed by atoms with Gasteiger partial charge in [0.05, 0.1) is 11.1 Å². The predicted octanol–water partition coefficient (Wildman–Crippen LogP) is 13.1. The van der Waals surface area contributed by atoms with Crippen molar-refractivity contribution in [1.82, 2.24) is 0 Å². The van der Waals surface area contributed by atoms with E-state index in [-0.39, 0.29) is 0 Å². The van der Waals surface area contributed by atoms with Gasteiger partial charge in [-0.1, -0.05) is 181 Å². The van der Waals surface area contributed by atoms with Gasteiger partial charge >= 0.3 is 11.9 Å². The minimum atomic E-state index is -0.940. The SMILES string of the molecule is CCCCCCCCCCCCCCCCc1c(C(=O)O)ccc(C(=O)O)c1CCCCCCCCCCCCCCCC. The van der Waals surface area contributed by atoms with Crippen LogP contribution in [0.1, 0.15) is 225 Å². The molecule has 0 unspecified atom stereocenters. The Labute approximate surface area is 272 Å². The van der Waals surface area contributed by atoms with Gasteiger partial charge in [0, 0.05) is 0 Å². The van der Waals surface area contributed by atoms with Crippen LogP contribution in [0.25, 0.3) is 0 Å². The Balaban J connectivity index is 2.35. The molecule has 2 N–H and O–H groups in total. The number of hydrogen-bond donors (Lipinski definition) is 2. The zero-order valence-electron chi connectivity index (χ0n) is 29.1. The van der Waals surface area contributed by atoms with Crippen LogP contribution < -0.4 is 0 Å². The summed E-state index contributed by atoms with van der Waals surface area (Å²) >= 11 is 0. The van der Waals surface area contributed by atoms with Crippen molar-refractivity contribution in [2.45, 2.75) is 206 Å². The highest BCUT2D eigenvalue weighted by Gasteiger charge is 2.20. The van der Waals surface area contributed by atoms with Gasteiger partial charge < -0.3 is 10.2 Å². The van der Waals surface area contributed by atoms with E-state index in [0.717, 1.165) is 36.8 Å². The molecule has 4 heteroatoms. The van der Waals surface area contributed by atoms with Crippen LogP contribution in [0.2, 0.25) is 0 Å². The summed E-state index contributed by atoms with van der Waals surface area (Å²) in [6.45, 7) is 4.53. The highest BCUT2D eigenvalue weighted by molar-refractivity contribution is 5.95. The summed E-state index contributed by atoms with van der Waals surface area (Å²) in [6.07, 6.45) is 37.3. The fourth-order valence-electron chi connectivity index (χ4n) is 6.66. The van der Waals surface area contributed by atoms with Crippen LogP contribution in [-0.4, -0.2) is 22.2 Å². The third-order valence-electron chi connectivity index (χ3n) is 9.45. The van der Waals surface area contributed by atoms with Crippen molar-refractivity contribution >= 4 is 11.9 Å². The third kappa shape index (κ3) is 20.2. The lowest BCUT2D eigenvalue weighted by molar-refractivity contribution is 0.0679. The van der Waals surface area contributed by atoms with Crippen molar-refractivity contribution in [1.29, 1.82) is 0 Å². The Morgan fingerprint density at radius 1 is 0.386 bits per heavy atom. The second kappa shape index (κ2) is 28.6. The number of aromatic carboxylic acids is 2. The molecule has 4 nitrogen and oxygen atoms in total. The number of carbonyl (C=O) groups is 2. The molecule has 0 bridgehead atoms. The Morgan fingerprint density at radius 2 is 0.591 bits per heavy atom. The Hall–Kier alpha value is -1.84. The van der Waals surface area contributed by atoms with Crippen LogP contribution in [0.3, 0.4) is 0 Å². The van der Waals surface area contributed by atoms with Crippen LogP contribution in [0.5, 0.6) is 0 Å². The molecule has 0 spiro atoms. The van der Waals surface area contributed by atoms with Crippen LogP contribution in [0, 0.1) is 0 Å². The number of unbranched alkanes of at least 4 members (excludes halogenated alkanes) is 26. The van der Waals surface area contributed by atoms with Gasteiger partial charge in [0.15, 0.2) is 0 Å². The topological polar surface area (TPSA) is 74.6 Å². The van der Waals surface area contributed by atoms with E-state index in [9.17, 15) is 19.8 Å². The maximum atomic E-state index is 12.1. The van der Waals surface area contributed by atoms with Crippen LogP contribution in [0.4, 0.5) is 0 Å². The van der Waals surface area contributed by atoms with Gasteiger partial charge in [-0.2, -0.15) is 0 Å². The average Bonchev–Trinajstić information content (AvgIpc) is 3.01. The summed E-state index contributed by atoms with van der Waals surface area (Å²) in [7, 11) is 0. The van der Waals surface area contributed by atoms with Gasteiger partial charge in [-0.05, 0) is 48.9 Å². The highest BCUT2D eigenvalue weighted by Crippen LogP contribution is 2.26. The van der Waals surface area contributed by atoms with Gasteiger partial charge in [-0.3, -0.25) is 0 Å². The minimum absolute atomic E-state index is 0.296. The molecule has 254 valence electrons. The van der Waals surface area contributed by atoms with E-state index in [0.29, 0.717) is 24.0 Å². The Morgan fingerprint density at radius 3 is 0.795 bits per heavy atom. The van der Waals surface area contributed by atoms with E-state index in [1.54, 1.807) is 0 Å². The van der Waals surface area contributed by atoms with Crippen LogP contribution >= 0.6 is 0 Å². The monoisotopic (exact) mass is 615 g/mol. The zero-order valence-corrected chi connectivity index (χ0v) is 29.1. The van der Waals surface area contributed by atoms with Crippen LogP contribution in [-0.2, 0) is 12.8 Å². The fourth-order valence-corrected chi connectivity index (χ4v) is 6.66. The molecule has 0 aromatic heterocycles. The second-order valence-corrected chi connectivity index (χ2v) is 13.4. The minimum Gasteiger partial charge on any atom is -0.478 e. The maximum absolute atomic E-state index is 12.1. The first-order valence-electron chi connectivity index (χ1n) is 19.1. The molecule has 0 aliphatic rings. The number of carboxylic acids is 2. The van der Waals surface area contributed by atoms with Crippen molar-refractivity contribution in [3.63, 3.8) is 0 Å². The van der Waals surface area contributed by atoms with E-state index in [4.69, 9.17) is 0 Å². The summed E-state index contributed by atoms with van der Waals surface area (Å²) in [5.41, 5.74) is 2.13. The molecule has 1 rings (SSSR count). The summed E-state index contributed by atoms with van der Waals surface area (Å²) in [5, 5.41) is 19.8. The second-order valence-electron chi connectivity index (χ2n) is 13.4. The molecule has 0 amide bonds. The first-order valence-corrected chi connectivity index (χ1v) is 19.1. The molecular formula is C40H70O4. The molecule has 1 aromatic carbocycles. The van der Waals surface area contributed by atoms with Gasteiger partial charge in [0.25, 0.3) is 0 Å². The predicted molar refractivity (Wildman–Crippen MR) is 188 cm³/mol.